The van der Waals surface area contributed by atoms with Gasteiger partial charge >= 0.3 is 0 Å². The zero-order valence-electron chi connectivity index (χ0n) is 15.2. The summed E-state index contributed by atoms with van der Waals surface area (Å²) in [7, 11) is 3.22. The standard InChI is InChI=1S/C18H19ClN4O3S/c1-4-16-22-23(2)18(27-16)21-17(24)13(11-20)9-12-5-6-14(26-8-7-19)15(10-12)25-3/h5-6,9-10H,4,7-8H2,1-3H3/b13-9+,21-18+. The Morgan fingerprint density at radius 3 is 2.85 bits per heavy atom. The molecule has 142 valence electrons. The summed E-state index contributed by atoms with van der Waals surface area (Å²) in [4.78, 5) is 16.9. The summed E-state index contributed by atoms with van der Waals surface area (Å²) >= 11 is 6.94. The van der Waals surface area contributed by atoms with Crippen molar-refractivity contribution in [1.29, 1.82) is 5.26 Å². The molecule has 0 aliphatic rings. The normalized spacial score (nSPS) is 12.0. The second kappa shape index (κ2) is 9.90. The molecule has 2 rings (SSSR count). The highest BCUT2D eigenvalue weighted by atomic mass is 35.5. The molecular formula is C18H19ClN4O3S. The van der Waals surface area contributed by atoms with Crippen LogP contribution in [0.15, 0.2) is 28.8 Å². The molecule has 0 N–H and O–H groups in total. The van der Waals surface area contributed by atoms with E-state index in [0.717, 1.165) is 11.4 Å². The first-order valence-electron chi connectivity index (χ1n) is 8.13. The fourth-order valence-corrected chi connectivity index (χ4v) is 3.03. The van der Waals surface area contributed by atoms with Gasteiger partial charge in [-0.05, 0) is 30.2 Å². The number of methoxy groups -OCH3 is 1. The van der Waals surface area contributed by atoms with Crippen molar-refractivity contribution in [2.45, 2.75) is 13.3 Å². The maximum Gasteiger partial charge on any atom is 0.290 e. The quantitative estimate of drug-likeness (QED) is 0.400. The number of alkyl halides is 1. The van der Waals surface area contributed by atoms with Crippen molar-refractivity contribution >= 4 is 34.9 Å². The minimum absolute atomic E-state index is 0.0853. The predicted octanol–water partition coefficient (Wildman–Crippen LogP) is 2.70. The highest BCUT2D eigenvalue weighted by Gasteiger charge is 2.11. The number of aryl methyl sites for hydroxylation is 2. The van der Waals surface area contributed by atoms with Crippen molar-refractivity contribution < 1.29 is 14.3 Å². The fraction of sp³-hybridized carbons (Fsp3) is 0.333. The summed E-state index contributed by atoms with van der Waals surface area (Å²) in [5.41, 5.74) is 0.533. The van der Waals surface area contributed by atoms with Crippen molar-refractivity contribution in [3.05, 3.63) is 39.1 Å². The van der Waals surface area contributed by atoms with Crippen LogP contribution in [0, 0.1) is 11.3 Å². The Kier molecular flexibility index (Phi) is 7.58. The number of nitriles is 1. The van der Waals surface area contributed by atoms with Crippen molar-refractivity contribution in [2.75, 3.05) is 19.6 Å². The number of aromatic nitrogens is 2. The predicted molar refractivity (Wildman–Crippen MR) is 104 cm³/mol. The summed E-state index contributed by atoms with van der Waals surface area (Å²) in [6.07, 6.45) is 2.21. The monoisotopic (exact) mass is 406 g/mol. The first-order valence-corrected chi connectivity index (χ1v) is 9.48. The maximum absolute atomic E-state index is 12.4. The average molecular weight is 407 g/mol. The van der Waals surface area contributed by atoms with Crippen LogP contribution in [0.25, 0.3) is 6.08 Å². The van der Waals surface area contributed by atoms with Gasteiger partial charge in [0.15, 0.2) is 11.5 Å². The lowest BCUT2D eigenvalue weighted by Gasteiger charge is -2.10. The van der Waals surface area contributed by atoms with Crippen molar-refractivity contribution in [2.24, 2.45) is 12.0 Å². The van der Waals surface area contributed by atoms with Gasteiger partial charge in [0.2, 0.25) is 4.80 Å². The van der Waals surface area contributed by atoms with Crippen LogP contribution in [0.3, 0.4) is 0 Å². The van der Waals surface area contributed by atoms with Crippen LogP contribution in [-0.4, -0.2) is 35.3 Å². The number of carbonyl (C=O) groups excluding carboxylic acids is 1. The molecule has 0 bridgehead atoms. The van der Waals surface area contributed by atoms with Gasteiger partial charge in [-0.25, -0.2) is 4.68 Å². The molecule has 1 amide bonds. The molecule has 0 saturated carbocycles. The lowest BCUT2D eigenvalue weighted by molar-refractivity contribution is -0.114. The number of nitrogens with zero attached hydrogens (tertiary/aromatic N) is 4. The van der Waals surface area contributed by atoms with E-state index in [-0.39, 0.29) is 5.57 Å². The van der Waals surface area contributed by atoms with E-state index in [9.17, 15) is 10.1 Å². The lowest BCUT2D eigenvalue weighted by atomic mass is 10.1. The first kappa shape index (κ1) is 20.7. The van der Waals surface area contributed by atoms with Gasteiger partial charge in [-0.2, -0.15) is 15.4 Å². The van der Waals surface area contributed by atoms with Crippen molar-refractivity contribution in [3.8, 4) is 17.6 Å². The number of hydrogen-bond donors (Lipinski definition) is 0. The average Bonchev–Trinajstić information content (AvgIpc) is 3.04. The summed E-state index contributed by atoms with van der Waals surface area (Å²) in [5.74, 6) is 0.750. The summed E-state index contributed by atoms with van der Waals surface area (Å²) in [6.45, 7) is 2.32. The van der Waals surface area contributed by atoms with E-state index >= 15 is 0 Å². The topological polar surface area (TPSA) is 89.5 Å². The molecule has 0 saturated heterocycles. The Labute approximate surface area is 166 Å². The largest absolute Gasteiger partial charge is 0.493 e. The Balaban J connectivity index is 2.33. The Bertz CT molecular complexity index is 956. The third-order valence-electron chi connectivity index (χ3n) is 3.43. The molecule has 27 heavy (non-hydrogen) atoms. The number of ether oxygens (including phenoxy) is 2. The van der Waals surface area contributed by atoms with E-state index in [4.69, 9.17) is 21.1 Å². The molecule has 0 spiro atoms. The molecule has 0 unspecified atom stereocenters. The van der Waals surface area contributed by atoms with Crippen LogP contribution >= 0.6 is 22.9 Å². The van der Waals surface area contributed by atoms with E-state index in [1.165, 1.54) is 29.2 Å². The van der Waals surface area contributed by atoms with Gasteiger partial charge in [0.1, 0.15) is 23.3 Å². The van der Waals surface area contributed by atoms with Crippen molar-refractivity contribution in [1.82, 2.24) is 9.78 Å². The summed E-state index contributed by atoms with van der Waals surface area (Å²) < 4.78 is 12.3. The Morgan fingerprint density at radius 2 is 2.26 bits per heavy atom. The van der Waals surface area contributed by atoms with E-state index in [2.05, 4.69) is 10.1 Å². The molecule has 0 aliphatic heterocycles. The van der Waals surface area contributed by atoms with E-state index in [0.29, 0.717) is 34.4 Å². The second-order valence-electron chi connectivity index (χ2n) is 5.29. The molecule has 1 heterocycles. The van der Waals surface area contributed by atoms with Gasteiger partial charge in [-0.3, -0.25) is 4.79 Å². The molecule has 0 aliphatic carbocycles. The number of benzene rings is 1. The molecular weight excluding hydrogens is 388 g/mol. The van der Waals surface area contributed by atoms with Gasteiger partial charge in [0.05, 0.1) is 13.0 Å². The van der Waals surface area contributed by atoms with Crippen LogP contribution in [-0.2, 0) is 18.3 Å². The summed E-state index contributed by atoms with van der Waals surface area (Å²) in [5, 5.41) is 14.5. The van der Waals surface area contributed by atoms with Crippen LogP contribution in [0.4, 0.5) is 0 Å². The molecule has 0 fully saturated rings. The minimum atomic E-state index is -0.624. The molecule has 9 heteroatoms. The third kappa shape index (κ3) is 5.42. The zero-order chi connectivity index (χ0) is 19.8. The highest BCUT2D eigenvalue weighted by molar-refractivity contribution is 7.08. The van der Waals surface area contributed by atoms with E-state index < -0.39 is 5.91 Å². The number of hydrogen-bond acceptors (Lipinski definition) is 6. The first-order chi connectivity index (χ1) is 13.0. The Morgan fingerprint density at radius 1 is 1.48 bits per heavy atom. The number of carbonyl (C=O) groups is 1. The Hall–Kier alpha value is -2.63. The fourth-order valence-electron chi connectivity index (χ4n) is 2.14. The minimum Gasteiger partial charge on any atom is -0.493 e. The van der Waals surface area contributed by atoms with Gasteiger partial charge in [-0.1, -0.05) is 24.3 Å². The van der Waals surface area contributed by atoms with E-state index in [1.807, 2.05) is 13.0 Å². The second-order valence-corrected chi connectivity index (χ2v) is 6.71. The van der Waals surface area contributed by atoms with Gasteiger partial charge in [0.25, 0.3) is 5.91 Å². The van der Waals surface area contributed by atoms with Crippen LogP contribution in [0.1, 0.15) is 17.5 Å². The van der Waals surface area contributed by atoms with E-state index in [1.54, 1.807) is 25.2 Å². The molecule has 0 atom stereocenters. The SMILES string of the molecule is CCc1nn(C)/c(=N\C(=O)/C(C#N)=C/c2ccc(OCCCl)c(OC)c2)s1. The molecule has 7 nitrogen and oxygen atoms in total. The summed E-state index contributed by atoms with van der Waals surface area (Å²) in [6, 6.07) is 7.00. The van der Waals surface area contributed by atoms with Gasteiger partial charge in [0, 0.05) is 7.05 Å². The molecule has 0 radical (unpaired) electrons. The van der Waals surface area contributed by atoms with Gasteiger partial charge in [-0.15, -0.1) is 11.6 Å². The molecule has 1 aromatic carbocycles. The molecule has 2 aromatic rings. The zero-order valence-corrected chi connectivity index (χ0v) is 16.8. The number of rotatable bonds is 7. The number of halogens is 1. The third-order valence-corrected chi connectivity index (χ3v) is 4.73. The lowest BCUT2D eigenvalue weighted by Crippen LogP contribution is -2.15. The number of amides is 1. The van der Waals surface area contributed by atoms with Crippen LogP contribution in [0.2, 0.25) is 0 Å². The van der Waals surface area contributed by atoms with Crippen LogP contribution in [0.5, 0.6) is 11.5 Å². The molecule has 1 aromatic heterocycles. The van der Waals surface area contributed by atoms with Gasteiger partial charge < -0.3 is 9.47 Å². The van der Waals surface area contributed by atoms with Crippen LogP contribution < -0.4 is 14.3 Å². The van der Waals surface area contributed by atoms with Crippen molar-refractivity contribution in [3.63, 3.8) is 0 Å². The maximum atomic E-state index is 12.4. The smallest absolute Gasteiger partial charge is 0.290 e. The highest BCUT2D eigenvalue weighted by Crippen LogP contribution is 2.29.